The van der Waals surface area contributed by atoms with Gasteiger partial charge >= 0.3 is 0 Å². The Labute approximate surface area is 206 Å². The van der Waals surface area contributed by atoms with E-state index in [-0.39, 0.29) is 24.2 Å². The number of rotatable bonds is 7. The van der Waals surface area contributed by atoms with Gasteiger partial charge in [-0.2, -0.15) is 0 Å². The van der Waals surface area contributed by atoms with Crippen LogP contribution < -0.4 is 5.32 Å². The Hall–Kier alpha value is -2.34. The van der Waals surface area contributed by atoms with Crippen LogP contribution in [0.1, 0.15) is 68.4 Å². The third-order valence-corrected chi connectivity index (χ3v) is 7.32. The first-order chi connectivity index (χ1) is 16.4. The second kappa shape index (κ2) is 9.73. The van der Waals surface area contributed by atoms with Gasteiger partial charge in [0.1, 0.15) is 6.23 Å². The zero-order valence-electron chi connectivity index (χ0n) is 19.8. The fourth-order valence-corrected chi connectivity index (χ4v) is 5.25. The molecule has 0 spiro atoms. The van der Waals surface area contributed by atoms with Crippen molar-refractivity contribution in [3.8, 4) is 0 Å². The Morgan fingerprint density at radius 2 is 1.94 bits per heavy atom. The van der Waals surface area contributed by atoms with Crippen molar-refractivity contribution in [2.24, 2.45) is 5.92 Å². The molecule has 2 heterocycles. The second-order valence-corrected chi connectivity index (χ2v) is 10.5. The first-order valence-corrected chi connectivity index (χ1v) is 12.7. The summed E-state index contributed by atoms with van der Waals surface area (Å²) in [5, 5.41) is 15.3. The van der Waals surface area contributed by atoms with E-state index in [2.05, 4.69) is 46.4 Å². The predicted octanol–water partition coefficient (Wildman–Crippen LogP) is 5.57. The summed E-state index contributed by atoms with van der Waals surface area (Å²) in [7, 11) is 0. The number of carbonyl (C=O) groups is 1. The number of aliphatic hydroxyl groups is 1. The molecule has 1 saturated heterocycles. The Morgan fingerprint density at radius 3 is 2.65 bits per heavy atom. The number of amides is 1. The monoisotopic (exact) mass is 480 g/mol. The number of carbonyl (C=O) groups excluding carboxylic acids is 1. The van der Waals surface area contributed by atoms with Gasteiger partial charge in [-0.15, -0.1) is 0 Å². The van der Waals surface area contributed by atoms with Crippen molar-refractivity contribution in [1.29, 1.82) is 0 Å². The molecule has 5 nitrogen and oxygen atoms in total. The smallest absolute Gasteiger partial charge is 0.222 e. The number of benzene rings is 2. The van der Waals surface area contributed by atoms with Crippen LogP contribution in [-0.2, 0) is 16.0 Å². The number of nitrogens with one attached hydrogen (secondary N) is 1. The molecular formula is C28H33ClN2O3. The fourth-order valence-electron chi connectivity index (χ4n) is 4.96. The molecule has 1 saturated carbocycles. The zero-order valence-corrected chi connectivity index (χ0v) is 20.6. The number of nitrogens with zero attached hydrogens (tertiary/aromatic N) is 1. The van der Waals surface area contributed by atoms with Gasteiger partial charge in [-0.3, -0.25) is 4.79 Å². The minimum atomic E-state index is -0.491. The molecule has 0 bridgehead atoms. The Balaban J connectivity index is 1.40. The largest absolute Gasteiger partial charge is 0.393 e. The fraction of sp³-hybridized carbons (Fsp3) is 0.464. The molecule has 2 fully saturated rings. The highest BCUT2D eigenvalue weighted by Crippen LogP contribution is 2.40. The average molecular weight is 481 g/mol. The number of fused-ring (bicyclic) bond motifs is 1. The predicted molar refractivity (Wildman–Crippen MR) is 135 cm³/mol. The lowest BCUT2D eigenvalue weighted by Gasteiger charge is -2.34. The van der Waals surface area contributed by atoms with E-state index in [0.29, 0.717) is 19.4 Å². The van der Waals surface area contributed by atoms with Crippen LogP contribution in [0.25, 0.3) is 10.9 Å². The minimum absolute atomic E-state index is 0.00611. The van der Waals surface area contributed by atoms with Crippen LogP contribution in [-0.4, -0.2) is 34.3 Å². The van der Waals surface area contributed by atoms with Crippen LogP contribution in [0.2, 0.25) is 5.02 Å². The Kier molecular flexibility index (Phi) is 6.70. The summed E-state index contributed by atoms with van der Waals surface area (Å²) in [6, 6.07) is 14.9. The van der Waals surface area contributed by atoms with Gasteiger partial charge in [-0.05, 0) is 54.0 Å². The first kappa shape index (κ1) is 23.4. The van der Waals surface area contributed by atoms with Crippen molar-refractivity contribution in [2.75, 3.05) is 6.54 Å². The highest BCUT2D eigenvalue weighted by molar-refractivity contribution is 6.35. The quantitative estimate of drug-likeness (QED) is 0.464. The molecule has 2 N–H and O–H groups in total. The standard InChI is InChI=1S/C28H33ClN2O3/c1-17(2)28(33)30-15-23-13-22(32)14-26(34-23)31-16-21(27-24(29)4-3-5-25(27)31)12-18-6-8-19(9-7-18)20-10-11-20/h3-9,16-17,20,22-23,26,32H,10-15H2,1-2H3,(H,30,33)/t22-,23-,26+/m0/s1. The van der Waals surface area contributed by atoms with E-state index in [1.54, 1.807) is 0 Å². The molecule has 1 aliphatic carbocycles. The number of aliphatic hydroxyl groups excluding tert-OH is 1. The van der Waals surface area contributed by atoms with Gasteiger partial charge in [0, 0.05) is 36.9 Å². The maximum absolute atomic E-state index is 12.0. The van der Waals surface area contributed by atoms with Gasteiger partial charge in [0.25, 0.3) is 0 Å². The van der Waals surface area contributed by atoms with Crippen molar-refractivity contribution in [3.63, 3.8) is 0 Å². The van der Waals surface area contributed by atoms with Gasteiger partial charge < -0.3 is 19.7 Å². The first-order valence-electron chi connectivity index (χ1n) is 12.4. The molecule has 5 rings (SSSR count). The van der Waals surface area contributed by atoms with Crippen LogP contribution in [0.5, 0.6) is 0 Å². The normalized spacial score (nSPS) is 22.9. The summed E-state index contributed by atoms with van der Waals surface area (Å²) >= 11 is 6.68. The van der Waals surface area contributed by atoms with Crippen molar-refractivity contribution in [3.05, 3.63) is 70.4 Å². The van der Waals surface area contributed by atoms with Gasteiger partial charge in [-0.1, -0.05) is 55.8 Å². The van der Waals surface area contributed by atoms with Crippen molar-refractivity contribution in [2.45, 2.75) is 70.3 Å². The molecule has 0 unspecified atom stereocenters. The van der Waals surface area contributed by atoms with Crippen LogP contribution in [0.3, 0.4) is 0 Å². The van der Waals surface area contributed by atoms with E-state index in [1.807, 2.05) is 26.0 Å². The summed E-state index contributed by atoms with van der Waals surface area (Å²) in [4.78, 5) is 12.0. The van der Waals surface area contributed by atoms with Crippen LogP contribution in [0, 0.1) is 5.92 Å². The van der Waals surface area contributed by atoms with E-state index in [1.165, 1.54) is 24.0 Å². The molecule has 1 amide bonds. The molecular weight excluding hydrogens is 448 g/mol. The highest BCUT2D eigenvalue weighted by atomic mass is 35.5. The van der Waals surface area contributed by atoms with Gasteiger partial charge in [0.2, 0.25) is 5.91 Å². The van der Waals surface area contributed by atoms with Crippen molar-refractivity contribution < 1.29 is 14.6 Å². The molecule has 180 valence electrons. The van der Waals surface area contributed by atoms with Gasteiger partial charge in [0.15, 0.2) is 0 Å². The minimum Gasteiger partial charge on any atom is -0.393 e. The van der Waals surface area contributed by atoms with Crippen LogP contribution in [0.4, 0.5) is 0 Å². The number of ether oxygens (including phenoxy) is 1. The molecule has 2 aliphatic rings. The zero-order chi connectivity index (χ0) is 23.8. The Bertz CT molecular complexity index is 1170. The molecule has 0 radical (unpaired) electrons. The summed E-state index contributed by atoms with van der Waals surface area (Å²) in [6.45, 7) is 4.13. The Morgan fingerprint density at radius 1 is 1.18 bits per heavy atom. The van der Waals surface area contributed by atoms with Crippen LogP contribution >= 0.6 is 11.6 Å². The van der Waals surface area contributed by atoms with Gasteiger partial charge in [0.05, 0.1) is 22.7 Å². The summed E-state index contributed by atoms with van der Waals surface area (Å²) in [5.41, 5.74) is 4.83. The highest BCUT2D eigenvalue weighted by Gasteiger charge is 2.31. The van der Waals surface area contributed by atoms with Crippen molar-refractivity contribution in [1.82, 2.24) is 9.88 Å². The number of halogens is 1. The molecule has 2 aromatic carbocycles. The molecule has 1 aliphatic heterocycles. The lowest BCUT2D eigenvalue weighted by Crippen LogP contribution is -2.42. The lowest BCUT2D eigenvalue weighted by molar-refractivity contribution is -0.134. The molecule has 3 aromatic rings. The number of aromatic nitrogens is 1. The number of hydrogen-bond donors (Lipinski definition) is 2. The molecule has 34 heavy (non-hydrogen) atoms. The third kappa shape index (κ3) is 5.02. The van der Waals surface area contributed by atoms with E-state index < -0.39 is 6.10 Å². The van der Waals surface area contributed by atoms with E-state index >= 15 is 0 Å². The number of hydrogen-bond acceptors (Lipinski definition) is 3. The van der Waals surface area contributed by atoms with E-state index in [0.717, 1.165) is 33.8 Å². The SMILES string of the molecule is CC(C)C(=O)NC[C@@H]1C[C@H](O)C[C@H](n2cc(Cc3ccc(C4CC4)cc3)c3c(Cl)cccc32)O1. The maximum atomic E-state index is 12.0. The molecule has 1 aromatic heterocycles. The maximum Gasteiger partial charge on any atom is 0.222 e. The molecule has 3 atom stereocenters. The van der Waals surface area contributed by atoms with Crippen LogP contribution in [0.15, 0.2) is 48.7 Å². The molecule has 6 heteroatoms. The summed E-state index contributed by atoms with van der Waals surface area (Å²) < 4.78 is 8.48. The van der Waals surface area contributed by atoms with E-state index in [9.17, 15) is 9.90 Å². The van der Waals surface area contributed by atoms with E-state index in [4.69, 9.17) is 16.3 Å². The second-order valence-electron chi connectivity index (χ2n) is 10.1. The van der Waals surface area contributed by atoms with Crippen molar-refractivity contribution >= 4 is 28.4 Å². The third-order valence-electron chi connectivity index (χ3n) is 7.01. The summed E-state index contributed by atoms with van der Waals surface area (Å²) in [6.07, 6.45) is 5.46. The topological polar surface area (TPSA) is 63.5 Å². The summed E-state index contributed by atoms with van der Waals surface area (Å²) in [5.74, 6) is 0.660. The average Bonchev–Trinajstić information content (AvgIpc) is 3.60. The lowest BCUT2D eigenvalue weighted by atomic mass is 10.0. The van der Waals surface area contributed by atoms with Gasteiger partial charge in [-0.25, -0.2) is 0 Å².